The van der Waals surface area contributed by atoms with Gasteiger partial charge in [-0.25, -0.2) is 8.78 Å². The zero-order valence-corrected chi connectivity index (χ0v) is 7.46. The summed E-state index contributed by atoms with van der Waals surface area (Å²) >= 11 is 0. The van der Waals surface area contributed by atoms with Gasteiger partial charge in [0.25, 0.3) is 5.92 Å². The minimum absolute atomic E-state index is 0. The van der Waals surface area contributed by atoms with Crippen LogP contribution < -0.4 is 5.32 Å². The Hall–Kier alpha value is 0.110. The van der Waals surface area contributed by atoms with Crippen LogP contribution in [-0.4, -0.2) is 19.0 Å². The van der Waals surface area contributed by atoms with Gasteiger partial charge in [0, 0.05) is 19.0 Å². The van der Waals surface area contributed by atoms with Gasteiger partial charge < -0.3 is 5.32 Å². The van der Waals surface area contributed by atoms with E-state index in [2.05, 4.69) is 5.32 Å². The molecule has 0 aromatic carbocycles. The number of halogens is 3. The zero-order valence-electron chi connectivity index (χ0n) is 6.65. The first kappa shape index (κ1) is 8.70. The second-order valence-electron chi connectivity index (χ2n) is 4.20. The van der Waals surface area contributed by atoms with Gasteiger partial charge in [-0.2, -0.15) is 0 Å². The van der Waals surface area contributed by atoms with Crippen LogP contribution in [0.25, 0.3) is 0 Å². The van der Waals surface area contributed by atoms with E-state index in [1.807, 2.05) is 0 Å². The van der Waals surface area contributed by atoms with Crippen molar-refractivity contribution < 1.29 is 8.78 Å². The lowest BCUT2D eigenvalue weighted by atomic mass is 9.94. The van der Waals surface area contributed by atoms with Gasteiger partial charge in [0.1, 0.15) is 0 Å². The van der Waals surface area contributed by atoms with Crippen molar-refractivity contribution >= 4 is 12.4 Å². The van der Waals surface area contributed by atoms with E-state index in [1.165, 1.54) is 0 Å². The summed E-state index contributed by atoms with van der Waals surface area (Å²) in [7, 11) is 0. The van der Waals surface area contributed by atoms with E-state index in [1.54, 1.807) is 0 Å². The molecule has 2 saturated carbocycles. The Bertz CT molecular complexity index is 211. The van der Waals surface area contributed by atoms with Crippen LogP contribution in [0.4, 0.5) is 8.78 Å². The van der Waals surface area contributed by atoms with E-state index in [9.17, 15) is 8.78 Å². The molecule has 1 heterocycles. The van der Waals surface area contributed by atoms with E-state index in [4.69, 9.17) is 0 Å². The summed E-state index contributed by atoms with van der Waals surface area (Å²) in [5, 5.41) is 2.95. The molecule has 2 aliphatic carbocycles. The first-order chi connectivity index (χ1) is 5.18. The third kappa shape index (κ3) is 0.721. The Kier molecular flexibility index (Phi) is 1.54. The van der Waals surface area contributed by atoms with E-state index in [0.717, 1.165) is 12.8 Å². The van der Waals surface area contributed by atoms with E-state index >= 15 is 0 Å². The number of alkyl halides is 2. The smallest absolute Gasteiger partial charge is 0.260 e. The Labute approximate surface area is 76.3 Å². The Morgan fingerprint density at radius 3 is 2.00 bits per heavy atom. The molecule has 3 rings (SSSR count). The predicted molar refractivity (Wildman–Crippen MR) is 43.7 cm³/mol. The molecule has 1 spiro atoms. The molecule has 0 radical (unpaired) electrons. The molecule has 0 bridgehead atoms. The van der Waals surface area contributed by atoms with Gasteiger partial charge in [0.05, 0.1) is 5.41 Å². The summed E-state index contributed by atoms with van der Waals surface area (Å²) in [6.45, 7) is 1.11. The van der Waals surface area contributed by atoms with Crippen molar-refractivity contribution in [2.45, 2.75) is 18.8 Å². The third-order valence-electron chi connectivity index (χ3n) is 3.54. The minimum atomic E-state index is -2.32. The quantitative estimate of drug-likeness (QED) is 0.671. The molecule has 4 heteroatoms. The number of hydrogen-bond acceptors (Lipinski definition) is 1. The SMILES string of the molecule is Cl.FC1(F)C(C2CC2)C12CNC2. The fourth-order valence-electron chi connectivity index (χ4n) is 2.57. The average molecular weight is 196 g/mol. The number of nitrogens with one attached hydrogen (secondary N) is 1. The molecule has 1 saturated heterocycles. The highest BCUT2D eigenvalue weighted by Crippen LogP contribution is 2.74. The maximum absolute atomic E-state index is 13.1. The van der Waals surface area contributed by atoms with Crippen LogP contribution in [0.3, 0.4) is 0 Å². The van der Waals surface area contributed by atoms with Crippen molar-refractivity contribution in [3.05, 3.63) is 0 Å². The molecule has 0 amide bonds. The highest BCUT2D eigenvalue weighted by Gasteiger charge is 2.84. The predicted octanol–water partition coefficient (Wildman–Crippen LogP) is 1.67. The summed E-state index contributed by atoms with van der Waals surface area (Å²) < 4.78 is 26.3. The molecule has 3 aliphatic rings. The average Bonchev–Trinajstić information content (AvgIpc) is 2.59. The van der Waals surface area contributed by atoms with Crippen LogP contribution >= 0.6 is 12.4 Å². The molecule has 1 aliphatic heterocycles. The molecule has 0 aromatic rings. The normalized spacial score (nSPS) is 40.0. The summed E-state index contributed by atoms with van der Waals surface area (Å²) in [6, 6.07) is 0. The molecule has 1 atom stereocenters. The van der Waals surface area contributed by atoms with Crippen molar-refractivity contribution in [1.82, 2.24) is 5.32 Å². The molecule has 1 N–H and O–H groups in total. The molecule has 70 valence electrons. The standard InChI is InChI=1S/C8H11F2N.ClH/c9-8(10)6(5-1-2-5)7(8)3-11-4-7;/h5-6,11H,1-4H2;1H. The van der Waals surface area contributed by atoms with Crippen LogP contribution in [0.15, 0.2) is 0 Å². The summed E-state index contributed by atoms with van der Waals surface area (Å²) in [6.07, 6.45) is 2.09. The second kappa shape index (κ2) is 2.13. The van der Waals surface area contributed by atoms with Gasteiger partial charge in [-0.3, -0.25) is 0 Å². The monoisotopic (exact) mass is 195 g/mol. The molecular formula is C8H12ClF2N. The van der Waals surface area contributed by atoms with Gasteiger partial charge in [-0.05, 0) is 18.8 Å². The first-order valence-corrected chi connectivity index (χ1v) is 4.27. The Balaban J connectivity index is 0.000000563. The largest absolute Gasteiger partial charge is 0.315 e. The fourth-order valence-corrected chi connectivity index (χ4v) is 2.57. The van der Waals surface area contributed by atoms with Crippen molar-refractivity contribution in [2.24, 2.45) is 17.3 Å². The van der Waals surface area contributed by atoms with Crippen LogP contribution in [0, 0.1) is 17.3 Å². The highest BCUT2D eigenvalue weighted by atomic mass is 35.5. The van der Waals surface area contributed by atoms with Gasteiger partial charge in [0.15, 0.2) is 0 Å². The van der Waals surface area contributed by atoms with Crippen LogP contribution in [0.1, 0.15) is 12.8 Å². The molecule has 0 aromatic heterocycles. The maximum Gasteiger partial charge on any atom is 0.260 e. The van der Waals surface area contributed by atoms with Crippen molar-refractivity contribution in [1.29, 1.82) is 0 Å². The molecule has 1 unspecified atom stereocenters. The number of hydrogen-bond donors (Lipinski definition) is 1. The zero-order chi connectivity index (χ0) is 7.69. The lowest BCUT2D eigenvalue weighted by molar-refractivity contribution is 0.0376. The minimum Gasteiger partial charge on any atom is -0.315 e. The second-order valence-corrected chi connectivity index (χ2v) is 4.20. The summed E-state index contributed by atoms with van der Waals surface area (Å²) in [4.78, 5) is 0. The lowest BCUT2D eigenvalue weighted by Crippen LogP contribution is -2.48. The topological polar surface area (TPSA) is 12.0 Å². The Morgan fingerprint density at radius 2 is 1.75 bits per heavy atom. The maximum atomic E-state index is 13.1. The van der Waals surface area contributed by atoms with Crippen LogP contribution in [0.5, 0.6) is 0 Å². The molecule has 12 heavy (non-hydrogen) atoms. The van der Waals surface area contributed by atoms with E-state index in [0.29, 0.717) is 19.0 Å². The molecular weight excluding hydrogens is 184 g/mol. The van der Waals surface area contributed by atoms with Gasteiger partial charge >= 0.3 is 0 Å². The molecule has 1 nitrogen and oxygen atoms in total. The van der Waals surface area contributed by atoms with Crippen LogP contribution in [0.2, 0.25) is 0 Å². The van der Waals surface area contributed by atoms with Gasteiger partial charge in [-0.1, -0.05) is 0 Å². The van der Waals surface area contributed by atoms with Crippen molar-refractivity contribution in [3.8, 4) is 0 Å². The number of rotatable bonds is 1. The summed E-state index contributed by atoms with van der Waals surface area (Å²) in [5.74, 6) is -2.21. The van der Waals surface area contributed by atoms with Crippen molar-refractivity contribution in [3.63, 3.8) is 0 Å². The third-order valence-corrected chi connectivity index (χ3v) is 3.54. The van der Waals surface area contributed by atoms with E-state index < -0.39 is 11.3 Å². The summed E-state index contributed by atoms with van der Waals surface area (Å²) in [5.41, 5.74) is -0.575. The fraction of sp³-hybridized carbons (Fsp3) is 1.00. The van der Waals surface area contributed by atoms with Crippen LogP contribution in [-0.2, 0) is 0 Å². The molecule has 3 fully saturated rings. The highest BCUT2D eigenvalue weighted by molar-refractivity contribution is 5.85. The van der Waals surface area contributed by atoms with Gasteiger partial charge in [0.2, 0.25) is 0 Å². The Morgan fingerprint density at radius 1 is 1.17 bits per heavy atom. The first-order valence-electron chi connectivity index (χ1n) is 4.27. The van der Waals surface area contributed by atoms with Crippen molar-refractivity contribution in [2.75, 3.05) is 13.1 Å². The van der Waals surface area contributed by atoms with E-state index in [-0.39, 0.29) is 18.3 Å². The lowest BCUT2D eigenvalue weighted by Gasteiger charge is -2.27. The van der Waals surface area contributed by atoms with Gasteiger partial charge in [-0.15, -0.1) is 12.4 Å².